The number of thioether (sulfide) groups is 1. The zero-order valence-electron chi connectivity index (χ0n) is 10.3. The van der Waals surface area contributed by atoms with Gasteiger partial charge in [-0.25, -0.2) is 0 Å². The van der Waals surface area contributed by atoms with Gasteiger partial charge in [0.25, 0.3) is 0 Å². The zero-order valence-corrected chi connectivity index (χ0v) is 11.2. The Labute approximate surface area is 111 Å². The molecule has 4 nitrogen and oxygen atoms in total. The van der Waals surface area contributed by atoms with Crippen LogP contribution in [0.5, 0.6) is 0 Å². The Morgan fingerprint density at radius 3 is 2.61 bits per heavy atom. The van der Waals surface area contributed by atoms with Crippen molar-refractivity contribution in [3.05, 3.63) is 35.9 Å². The van der Waals surface area contributed by atoms with Crippen molar-refractivity contribution < 1.29 is 14.3 Å². The van der Waals surface area contributed by atoms with Gasteiger partial charge in [-0.3, -0.25) is 9.59 Å². The van der Waals surface area contributed by atoms with Crippen LogP contribution in [0.1, 0.15) is 16.8 Å². The van der Waals surface area contributed by atoms with Gasteiger partial charge in [0.15, 0.2) is 0 Å². The van der Waals surface area contributed by atoms with Crippen molar-refractivity contribution in [3.63, 3.8) is 0 Å². The minimum atomic E-state index is -0.226. The predicted octanol–water partition coefficient (Wildman–Crippen LogP) is 1.71. The molecule has 0 saturated heterocycles. The third-order valence-electron chi connectivity index (χ3n) is 2.26. The molecule has 5 heteroatoms. The smallest absolute Gasteiger partial charge is 0.306 e. The molecule has 0 spiro atoms. The van der Waals surface area contributed by atoms with E-state index < -0.39 is 0 Å². The van der Waals surface area contributed by atoms with Crippen molar-refractivity contribution in [3.8, 4) is 0 Å². The third-order valence-corrected chi connectivity index (χ3v) is 3.16. The lowest BCUT2D eigenvalue weighted by atomic mass is 10.2. The zero-order chi connectivity index (χ0) is 13.2. The monoisotopic (exact) mass is 267 g/mol. The summed E-state index contributed by atoms with van der Waals surface area (Å²) in [6.07, 6.45) is 0.355. The molecule has 1 N–H and O–H groups in total. The molecule has 1 aromatic carbocycles. The molecule has 0 atom stereocenters. The minimum absolute atomic E-state index is 0.0744. The highest BCUT2D eigenvalue weighted by Gasteiger charge is 2.05. The summed E-state index contributed by atoms with van der Waals surface area (Å²) in [4.78, 5) is 22.5. The van der Waals surface area contributed by atoms with Gasteiger partial charge in [-0.2, -0.15) is 0 Å². The molecule has 0 heterocycles. The normalized spacial score (nSPS) is 10.1. The van der Waals surface area contributed by atoms with Crippen molar-refractivity contribution in [2.45, 2.75) is 6.42 Å². The molecule has 0 radical (unpaired) electrons. The summed E-state index contributed by atoms with van der Waals surface area (Å²) < 4.78 is 4.51. The Morgan fingerprint density at radius 1 is 1.22 bits per heavy atom. The Balaban J connectivity index is 2.08. The molecule has 18 heavy (non-hydrogen) atoms. The van der Waals surface area contributed by atoms with Crippen LogP contribution in [0.3, 0.4) is 0 Å². The Morgan fingerprint density at radius 2 is 1.94 bits per heavy atom. The second-order valence-electron chi connectivity index (χ2n) is 3.58. The van der Waals surface area contributed by atoms with E-state index in [2.05, 4.69) is 10.1 Å². The highest BCUT2D eigenvalue weighted by molar-refractivity contribution is 8.14. The van der Waals surface area contributed by atoms with Gasteiger partial charge in [0.2, 0.25) is 5.12 Å². The van der Waals surface area contributed by atoms with Crippen molar-refractivity contribution >= 4 is 22.8 Å². The molecular weight excluding hydrogens is 250 g/mol. The van der Waals surface area contributed by atoms with E-state index in [1.54, 1.807) is 12.1 Å². The summed E-state index contributed by atoms with van der Waals surface area (Å²) in [7, 11) is 1.37. The lowest BCUT2D eigenvalue weighted by Crippen LogP contribution is -2.21. The van der Waals surface area contributed by atoms with Crippen LogP contribution in [0, 0.1) is 0 Å². The molecular formula is C13H17NO3S. The van der Waals surface area contributed by atoms with Crippen LogP contribution in [0.2, 0.25) is 0 Å². The molecule has 0 fully saturated rings. The lowest BCUT2D eigenvalue weighted by Gasteiger charge is -2.03. The predicted molar refractivity (Wildman–Crippen MR) is 72.7 cm³/mol. The maximum absolute atomic E-state index is 11.7. The van der Waals surface area contributed by atoms with Gasteiger partial charge in [-0.05, 0) is 0 Å². The lowest BCUT2D eigenvalue weighted by molar-refractivity contribution is -0.140. The maximum Gasteiger partial charge on any atom is 0.306 e. The van der Waals surface area contributed by atoms with Gasteiger partial charge >= 0.3 is 5.97 Å². The first kappa shape index (κ1) is 14.7. The van der Waals surface area contributed by atoms with Crippen LogP contribution in [-0.4, -0.2) is 37.0 Å². The number of methoxy groups -OCH3 is 1. The number of rotatable bonds is 7. The number of hydrogen-bond acceptors (Lipinski definition) is 5. The molecule has 98 valence electrons. The largest absolute Gasteiger partial charge is 0.469 e. The van der Waals surface area contributed by atoms with Gasteiger partial charge in [-0.1, -0.05) is 42.1 Å². The first-order valence-electron chi connectivity index (χ1n) is 5.73. The molecule has 0 bridgehead atoms. The molecule has 0 aliphatic rings. The standard InChI is InChI=1S/C13H17NO3S/c1-17-12(15)7-8-14-9-10-18-13(16)11-5-3-2-4-6-11/h2-6,14H,7-10H2,1H3. The summed E-state index contributed by atoms with van der Waals surface area (Å²) in [5.41, 5.74) is 0.720. The van der Waals surface area contributed by atoms with E-state index in [1.807, 2.05) is 18.2 Å². The first-order chi connectivity index (χ1) is 8.74. The van der Waals surface area contributed by atoms with Crippen molar-refractivity contribution in [1.82, 2.24) is 5.32 Å². The highest BCUT2D eigenvalue weighted by atomic mass is 32.2. The molecule has 0 aliphatic heterocycles. The second-order valence-corrected chi connectivity index (χ2v) is 4.65. The molecule has 0 aliphatic carbocycles. The fraction of sp³-hybridized carbons (Fsp3) is 0.385. The fourth-order valence-electron chi connectivity index (χ4n) is 1.29. The average Bonchev–Trinajstić information content (AvgIpc) is 2.43. The summed E-state index contributed by atoms with van der Waals surface area (Å²) >= 11 is 1.28. The van der Waals surface area contributed by atoms with E-state index in [0.717, 1.165) is 5.56 Å². The minimum Gasteiger partial charge on any atom is -0.469 e. The van der Waals surface area contributed by atoms with E-state index in [1.165, 1.54) is 18.9 Å². The van der Waals surface area contributed by atoms with E-state index >= 15 is 0 Å². The maximum atomic E-state index is 11.7. The van der Waals surface area contributed by atoms with Gasteiger partial charge in [0.1, 0.15) is 0 Å². The van der Waals surface area contributed by atoms with Crippen LogP contribution in [-0.2, 0) is 9.53 Å². The van der Waals surface area contributed by atoms with E-state index in [0.29, 0.717) is 25.3 Å². The Kier molecular flexibility index (Phi) is 7.13. The van der Waals surface area contributed by atoms with Crippen LogP contribution < -0.4 is 5.32 Å². The quantitative estimate of drug-likeness (QED) is 0.602. The van der Waals surface area contributed by atoms with E-state index in [9.17, 15) is 9.59 Å². The first-order valence-corrected chi connectivity index (χ1v) is 6.72. The van der Waals surface area contributed by atoms with E-state index in [-0.39, 0.29) is 11.1 Å². The number of benzene rings is 1. The fourth-order valence-corrected chi connectivity index (χ4v) is 2.03. The molecule has 0 aromatic heterocycles. The number of carbonyl (C=O) groups excluding carboxylic acids is 2. The number of ether oxygens (including phenoxy) is 1. The van der Waals surface area contributed by atoms with Crippen LogP contribution in [0.25, 0.3) is 0 Å². The van der Waals surface area contributed by atoms with Gasteiger partial charge < -0.3 is 10.1 Å². The topological polar surface area (TPSA) is 55.4 Å². The van der Waals surface area contributed by atoms with Gasteiger partial charge in [0.05, 0.1) is 13.5 Å². The number of hydrogen-bond donors (Lipinski definition) is 1. The third kappa shape index (κ3) is 5.84. The average molecular weight is 267 g/mol. The number of esters is 1. The molecule has 1 rings (SSSR count). The summed E-state index contributed by atoms with van der Waals surface area (Å²) in [6, 6.07) is 9.20. The Bertz CT molecular complexity index is 381. The Hall–Kier alpha value is -1.33. The molecule has 0 saturated carbocycles. The summed E-state index contributed by atoms with van der Waals surface area (Å²) in [5, 5.41) is 3.16. The summed E-state index contributed by atoms with van der Waals surface area (Å²) in [5.74, 6) is 0.463. The van der Waals surface area contributed by atoms with E-state index in [4.69, 9.17) is 0 Å². The van der Waals surface area contributed by atoms with Crippen LogP contribution in [0.15, 0.2) is 30.3 Å². The van der Waals surface area contributed by atoms with Crippen molar-refractivity contribution in [2.75, 3.05) is 26.0 Å². The van der Waals surface area contributed by atoms with Crippen molar-refractivity contribution in [2.24, 2.45) is 0 Å². The number of nitrogens with one attached hydrogen (secondary N) is 1. The SMILES string of the molecule is COC(=O)CCNCCSC(=O)c1ccccc1. The summed E-state index contributed by atoms with van der Waals surface area (Å²) in [6.45, 7) is 1.27. The van der Waals surface area contributed by atoms with Gasteiger partial charge in [-0.15, -0.1) is 0 Å². The van der Waals surface area contributed by atoms with Gasteiger partial charge in [0, 0.05) is 24.4 Å². The van der Waals surface area contributed by atoms with Crippen LogP contribution >= 0.6 is 11.8 Å². The van der Waals surface area contributed by atoms with Crippen LogP contribution in [0.4, 0.5) is 0 Å². The highest BCUT2D eigenvalue weighted by Crippen LogP contribution is 2.10. The molecule has 0 unspecified atom stereocenters. The molecule has 1 aromatic rings. The molecule has 0 amide bonds. The second kappa shape index (κ2) is 8.72. The van der Waals surface area contributed by atoms with Crippen molar-refractivity contribution in [1.29, 1.82) is 0 Å². The number of carbonyl (C=O) groups is 2.